The molecule has 0 aliphatic carbocycles. The van der Waals surface area contributed by atoms with Gasteiger partial charge in [0.2, 0.25) is 0 Å². The summed E-state index contributed by atoms with van der Waals surface area (Å²) in [5.74, 6) is -8.27. The molecule has 0 amide bonds. The molecule has 0 aromatic heterocycles. The highest BCUT2D eigenvalue weighted by atomic mass is 19.4. The third-order valence-corrected chi connectivity index (χ3v) is 7.32. The summed E-state index contributed by atoms with van der Waals surface area (Å²) in [6, 6.07) is 10.9. The van der Waals surface area contributed by atoms with E-state index in [-0.39, 0.29) is 5.60 Å². The predicted octanol–water partition coefficient (Wildman–Crippen LogP) is 4.39. The first-order chi connectivity index (χ1) is 21.5. The number of rotatable bonds is 5. The van der Waals surface area contributed by atoms with Crippen molar-refractivity contribution in [1.82, 2.24) is 14.7 Å². The Morgan fingerprint density at radius 1 is 0.766 bits per heavy atom. The standard InChI is InChI=1S/C22H35N3O.3C2HF3O2/c1-23-14-16-24(17-15-23)18-21-8-5-10-22(26-21)11-13-25(19-22)12-9-20-6-3-2-4-7-20;3*3-2(4,5)1(6)7/h2-4,6-7,21H,5,8-19H2,1H3;3*(H,6,7)/t21-,22+;;;/m0.../s1. The molecule has 10 nitrogen and oxygen atoms in total. The molecule has 3 saturated heterocycles. The quantitative estimate of drug-likeness (QED) is 0.381. The van der Waals surface area contributed by atoms with Crippen molar-refractivity contribution < 1.29 is 74.0 Å². The second-order valence-corrected chi connectivity index (χ2v) is 11.1. The van der Waals surface area contributed by atoms with Crippen LogP contribution in [0.25, 0.3) is 0 Å². The Hall–Kier alpha value is -3.16. The fraction of sp³-hybridized carbons (Fsp3) is 0.679. The molecule has 19 heteroatoms. The van der Waals surface area contributed by atoms with Crippen molar-refractivity contribution in [1.29, 1.82) is 0 Å². The molecule has 0 radical (unpaired) electrons. The zero-order valence-electron chi connectivity index (χ0n) is 25.4. The summed E-state index contributed by atoms with van der Waals surface area (Å²) in [5, 5.41) is 21.4. The predicted molar refractivity (Wildman–Crippen MR) is 148 cm³/mol. The van der Waals surface area contributed by atoms with Gasteiger partial charge in [-0.1, -0.05) is 30.3 Å². The molecule has 0 saturated carbocycles. The van der Waals surface area contributed by atoms with E-state index in [1.807, 2.05) is 0 Å². The van der Waals surface area contributed by atoms with E-state index in [2.05, 4.69) is 52.1 Å². The van der Waals surface area contributed by atoms with Crippen molar-refractivity contribution in [3.05, 3.63) is 35.9 Å². The van der Waals surface area contributed by atoms with Crippen molar-refractivity contribution in [2.24, 2.45) is 0 Å². The first-order valence-corrected chi connectivity index (χ1v) is 14.3. The fourth-order valence-corrected chi connectivity index (χ4v) is 4.92. The van der Waals surface area contributed by atoms with E-state index < -0.39 is 36.4 Å². The van der Waals surface area contributed by atoms with Gasteiger partial charge >= 0.3 is 36.4 Å². The Morgan fingerprint density at radius 2 is 1.23 bits per heavy atom. The molecule has 3 heterocycles. The number of hydrogen-bond donors (Lipinski definition) is 3. The smallest absolute Gasteiger partial charge is 0.475 e. The number of halogens is 9. The van der Waals surface area contributed by atoms with E-state index in [9.17, 15) is 39.5 Å². The van der Waals surface area contributed by atoms with Crippen molar-refractivity contribution in [2.75, 3.05) is 59.4 Å². The molecule has 1 aromatic carbocycles. The van der Waals surface area contributed by atoms with Gasteiger partial charge in [-0.05, 0) is 44.7 Å². The molecule has 1 spiro atoms. The van der Waals surface area contributed by atoms with Crippen LogP contribution >= 0.6 is 0 Å². The minimum Gasteiger partial charge on any atom is -0.475 e. The normalized spacial score (nSPS) is 22.6. The number of likely N-dealkylation sites (tertiary alicyclic amines) is 1. The average molecular weight is 700 g/mol. The molecule has 2 atom stereocenters. The Labute approximate surface area is 264 Å². The van der Waals surface area contributed by atoms with Crippen LogP contribution in [0, 0.1) is 0 Å². The van der Waals surface area contributed by atoms with Gasteiger partial charge in [0.1, 0.15) is 0 Å². The lowest BCUT2D eigenvalue weighted by molar-refractivity contribution is -0.193. The van der Waals surface area contributed by atoms with Crippen molar-refractivity contribution in [2.45, 2.75) is 62.3 Å². The minimum atomic E-state index is -5.08. The van der Waals surface area contributed by atoms with Crippen LogP contribution in [0.2, 0.25) is 0 Å². The van der Waals surface area contributed by atoms with E-state index >= 15 is 0 Å². The Balaban J connectivity index is 0.000000430. The van der Waals surface area contributed by atoms with E-state index in [1.165, 1.54) is 64.0 Å². The Morgan fingerprint density at radius 3 is 1.68 bits per heavy atom. The van der Waals surface area contributed by atoms with Crippen LogP contribution in [-0.4, -0.2) is 138 Å². The SMILES string of the molecule is CN1CCN(C[C@@H]2CCC[C@]3(CCN(CCc4ccccc4)C3)O2)CC1.O=C(O)C(F)(F)F.O=C(O)C(F)(F)F.O=C(O)C(F)(F)F. The molecule has 3 aliphatic rings. The third kappa shape index (κ3) is 17.0. The van der Waals surface area contributed by atoms with Crippen molar-refractivity contribution >= 4 is 17.9 Å². The van der Waals surface area contributed by atoms with Gasteiger partial charge in [0.15, 0.2) is 0 Å². The zero-order valence-corrected chi connectivity index (χ0v) is 25.4. The van der Waals surface area contributed by atoms with Gasteiger partial charge in [0.25, 0.3) is 0 Å². The second-order valence-electron chi connectivity index (χ2n) is 11.1. The lowest BCUT2D eigenvalue weighted by Gasteiger charge is -2.42. The van der Waals surface area contributed by atoms with Gasteiger partial charge in [-0.2, -0.15) is 39.5 Å². The first kappa shape index (κ1) is 41.9. The van der Waals surface area contributed by atoms with Crippen molar-refractivity contribution in [3.63, 3.8) is 0 Å². The minimum absolute atomic E-state index is 0.145. The highest BCUT2D eigenvalue weighted by Crippen LogP contribution is 2.37. The maximum absolute atomic E-state index is 10.6. The van der Waals surface area contributed by atoms with Gasteiger partial charge in [-0.3, -0.25) is 4.90 Å². The molecule has 3 N–H and O–H groups in total. The molecule has 4 rings (SSSR count). The monoisotopic (exact) mass is 699 g/mol. The average Bonchev–Trinajstić information content (AvgIpc) is 3.34. The van der Waals surface area contributed by atoms with E-state index in [0.717, 1.165) is 26.1 Å². The summed E-state index contributed by atoms with van der Waals surface area (Å²) in [6.45, 7) is 9.44. The Bertz CT molecular complexity index is 1060. The fourth-order valence-electron chi connectivity index (χ4n) is 4.92. The molecule has 47 heavy (non-hydrogen) atoms. The number of aliphatic carboxylic acids is 3. The maximum atomic E-state index is 10.6. The lowest BCUT2D eigenvalue weighted by atomic mass is 9.90. The molecule has 3 fully saturated rings. The van der Waals surface area contributed by atoms with E-state index in [0.29, 0.717) is 6.10 Å². The summed E-state index contributed by atoms with van der Waals surface area (Å²) < 4.78 is 102. The molecular formula is C28H38F9N3O7. The lowest BCUT2D eigenvalue weighted by Crippen LogP contribution is -2.51. The highest BCUT2D eigenvalue weighted by Gasteiger charge is 2.43. The molecule has 3 aliphatic heterocycles. The number of piperazine rings is 1. The largest absolute Gasteiger partial charge is 0.490 e. The molecule has 0 bridgehead atoms. The summed E-state index contributed by atoms with van der Waals surface area (Å²) in [5.41, 5.74) is 1.59. The van der Waals surface area contributed by atoms with E-state index in [4.69, 9.17) is 34.4 Å². The highest BCUT2D eigenvalue weighted by molar-refractivity contribution is 5.73. The number of carbonyl (C=O) groups is 3. The summed E-state index contributed by atoms with van der Waals surface area (Å²) in [6.07, 6.45) is -8.58. The number of alkyl halides is 9. The van der Waals surface area contributed by atoms with Crippen LogP contribution in [0.3, 0.4) is 0 Å². The number of carboxylic acids is 3. The number of benzene rings is 1. The molecule has 1 aromatic rings. The van der Waals surface area contributed by atoms with Crippen LogP contribution in [0.15, 0.2) is 30.3 Å². The van der Waals surface area contributed by atoms with Gasteiger partial charge in [-0.25, -0.2) is 14.4 Å². The van der Waals surface area contributed by atoms with Crippen LogP contribution in [-0.2, 0) is 25.5 Å². The number of ether oxygens (including phenoxy) is 1. The van der Waals surface area contributed by atoms with Crippen LogP contribution in [0.5, 0.6) is 0 Å². The zero-order chi connectivity index (χ0) is 36.1. The third-order valence-electron chi connectivity index (χ3n) is 7.32. The van der Waals surface area contributed by atoms with Gasteiger partial charge < -0.3 is 29.9 Å². The van der Waals surface area contributed by atoms with E-state index in [1.54, 1.807) is 0 Å². The van der Waals surface area contributed by atoms with Gasteiger partial charge in [0, 0.05) is 52.4 Å². The summed E-state index contributed by atoms with van der Waals surface area (Å²) in [4.78, 5) is 34.4. The number of hydrogen-bond acceptors (Lipinski definition) is 7. The summed E-state index contributed by atoms with van der Waals surface area (Å²) in [7, 11) is 2.23. The number of likely N-dealkylation sites (N-methyl/N-ethyl adjacent to an activating group) is 1. The van der Waals surface area contributed by atoms with Crippen molar-refractivity contribution in [3.8, 4) is 0 Å². The number of nitrogens with zero attached hydrogens (tertiary/aromatic N) is 3. The number of carboxylic acid groups (broad SMARTS) is 3. The maximum Gasteiger partial charge on any atom is 0.490 e. The van der Waals surface area contributed by atoms with Gasteiger partial charge in [-0.15, -0.1) is 0 Å². The molecule has 0 unspecified atom stereocenters. The topological polar surface area (TPSA) is 131 Å². The summed E-state index contributed by atoms with van der Waals surface area (Å²) >= 11 is 0. The first-order valence-electron chi connectivity index (χ1n) is 14.3. The van der Waals surface area contributed by atoms with Crippen LogP contribution in [0.1, 0.15) is 31.2 Å². The molecule has 270 valence electrons. The Kier molecular flexibility index (Phi) is 16.4. The second kappa shape index (κ2) is 18.4. The molecular weight excluding hydrogens is 661 g/mol. The van der Waals surface area contributed by atoms with Crippen LogP contribution in [0.4, 0.5) is 39.5 Å². The van der Waals surface area contributed by atoms with Gasteiger partial charge in [0.05, 0.1) is 11.7 Å². The van der Waals surface area contributed by atoms with Crippen LogP contribution < -0.4 is 0 Å².